The molecule has 0 aliphatic carbocycles. The third-order valence-corrected chi connectivity index (χ3v) is 19.2. The van der Waals surface area contributed by atoms with E-state index in [1.165, 1.54) is 0 Å². The molecule has 3 saturated heterocycles. The van der Waals surface area contributed by atoms with Crippen LogP contribution in [0.15, 0.2) is 23.3 Å². The molecule has 2 bridgehead atoms. The minimum absolute atomic E-state index is 0.0663. The molecule has 3 heterocycles. The summed E-state index contributed by atoms with van der Waals surface area (Å²) in [5, 5.41) is 15.2. The lowest BCUT2D eigenvalue weighted by Crippen LogP contribution is -2.60. The molecule has 0 radical (unpaired) electrons. The number of azide groups is 1. The summed E-state index contributed by atoms with van der Waals surface area (Å²) in [5.74, 6) is -0.235. The number of nitrogens with zero attached hydrogens (tertiary/aromatic N) is 3. The zero-order valence-electron chi connectivity index (χ0n) is 26.0. The van der Waals surface area contributed by atoms with Crippen LogP contribution in [0.2, 0.25) is 22.2 Å². The Kier molecular flexibility index (Phi) is 9.54. The lowest BCUT2D eigenvalue weighted by atomic mass is 9.90. The molecule has 3 unspecified atom stereocenters. The van der Waals surface area contributed by atoms with Crippen LogP contribution in [-0.4, -0.2) is 73.5 Å². The van der Waals surface area contributed by atoms with E-state index >= 15 is 0 Å². The maximum atomic E-state index is 11.3. The van der Waals surface area contributed by atoms with E-state index < -0.39 is 53.4 Å². The quantitative estimate of drug-likeness (QED) is 0.155. The fraction of sp³-hybridized carbons (Fsp3) is 0.786. The van der Waals surface area contributed by atoms with E-state index in [1.54, 1.807) is 26.4 Å². The Morgan fingerprint density at radius 3 is 2.05 bits per heavy atom. The fourth-order valence-corrected chi connectivity index (χ4v) is 17.9. The molecule has 13 heteroatoms. The van der Waals surface area contributed by atoms with Crippen LogP contribution in [0.5, 0.6) is 11.5 Å². The van der Waals surface area contributed by atoms with Crippen LogP contribution < -0.4 is 9.47 Å². The number of hydrogen-bond acceptors (Lipinski definition) is 9. The maximum absolute atomic E-state index is 11.3. The van der Waals surface area contributed by atoms with Crippen LogP contribution >= 0.6 is 0 Å². The predicted molar refractivity (Wildman–Crippen MR) is 158 cm³/mol. The van der Waals surface area contributed by atoms with Crippen LogP contribution in [0, 0.1) is 0 Å². The van der Waals surface area contributed by atoms with E-state index in [-0.39, 0.29) is 35.2 Å². The van der Waals surface area contributed by atoms with Crippen LogP contribution in [0.25, 0.3) is 10.4 Å². The van der Waals surface area contributed by atoms with E-state index in [1.807, 2.05) is 6.07 Å². The van der Waals surface area contributed by atoms with E-state index in [0.717, 1.165) is 0 Å². The number of ether oxygens (including phenoxy) is 4. The summed E-state index contributed by atoms with van der Waals surface area (Å²) in [4.78, 5) is 3.04. The number of hydrogen-bond donors (Lipinski definition) is 1. The average Bonchev–Trinajstić information content (AvgIpc) is 3.11. The Balaban J connectivity index is 1.82. The summed E-state index contributed by atoms with van der Waals surface area (Å²) < 4.78 is 45.7. The van der Waals surface area contributed by atoms with Crippen molar-refractivity contribution in [1.29, 1.82) is 0 Å². The summed E-state index contributed by atoms with van der Waals surface area (Å²) in [7, 11) is -2.53. The van der Waals surface area contributed by atoms with E-state index in [0.29, 0.717) is 17.1 Å². The first-order chi connectivity index (χ1) is 19.3. The SMILES string of the molecule is COc1ccc([C@@]23C[C@H](O)C(N=[N+]=[N-])C(O2)C([C@H]2CO[Si](C(C)C)(C(C)C)O[Si](C(C)C)(C(C)C)O2)O3)cc1OC. The zero-order chi connectivity index (χ0) is 30.3. The normalized spacial score (nSPS) is 32.7. The van der Waals surface area contributed by atoms with Gasteiger partial charge in [-0.3, -0.25) is 0 Å². The highest BCUT2D eigenvalue weighted by Gasteiger charge is 2.64. The van der Waals surface area contributed by atoms with Gasteiger partial charge < -0.3 is 37.0 Å². The van der Waals surface area contributed by atoms with Gasteiger partial charge in [-0.2, -0.15) is 0 Å². The predicted octanol–water partition coefficient (Wildman–Crippen LogP) is 6.04. The van der Waals surface area contributed by atoms with Crippen molar-refractivity contribution in [2.75, 3.05) is 20.8 Å². The third kappa shape index (κ3) is 5.45. The van der Waals surface area contributed by atoms with E-state index in [4.69, 9.17) is 31.9 Å². The monoisotopic (exact) mass is 609 g/mol. The Labute approximate surface area is 245 Å². The lowest BCUT2D eigenvalue weighted by molar-refractivity contribution is -0.228. The van der Waals surface area contributed by atoms with Crippen molar-refractivity contribution in [3.8, 4) is 11.5 Å². The molecule has 3 fully saturated rings. The molecule has 1 N–H and O–H groups in total. The Bertz CT molecular complexity index is 1120. The van der Waals surface area contributed by atoms with Crippen molar-refractivity contribution in [3.63, 3.8) is 0 Å². The van der Waals surface area contributed by atoms with Gasteiger partial charge in [0.05, 0.1) is 39.1 Å². The summed E-state index contributed by atoms with van der Waals surface area (Å²) in [6.45, 7) is 17.6. The maximum Gasteiger partial charge on any atom is 0.335 e. The highest BCUT2D eigenvalue weighted by molar-refractivity contribution is 6.84. The Morgan fingerprint density at radius 2 is 1.51 bits per heavy atom. The highest BCUT2D eigenvalue weighted by Crippen LogP contribution is 2.53. The summed E-state index contributed by atoms with van der Waals surface area (Å²) in [6.07, 6.45) is -2.95. The lowest BCUT2D eigenvalue weighted by Gasteiger charge is -2.46. The Hall–Kier alpha value is -1.68. The van der Waals surface area contributed by atoms with E-state index in [9.17, 15) is 10.6 Å². The first-order valence-corrected chi connectivity index (χ1v) is 18.6. The second kappa shape index (κ2) is 12.1. The first-order valence-electron chi connectivity index (χ1n) is 14.6. The van der Waals surface area contributed by atoms with Gasteiger partial charge in [-0.05, 0) is 45.9 Å². The second-order valence-corrected chi connectivity index (χ2v) is 21.4. The molecule has 230 valence electrons. The molecule has 0 amide bonds. The summed E-state index contributed by atoms with van der Waals surface area (Å²) in [6, 6.07) is 4.55. The van der Waals surface area contributed by atoms with Crippen LogP contribution in [0.4, 0.5) is 0 Å². The molecule has 0 saturated carbocycles. The van der Waals surface area contributed by atoms with Gasteiger partial charge in [-0.1, -0.05) is 60.5 Å². The fourth-order valence-electron chi connectivity index (χ4n) is 6.75. The van der Waals surface area contributed by atoms with Gasteiger partial charge in [0.25, 0.3) is 0 Å². The molecular weight excluding hydrogens is 562 g/mol. The molecule has 3 aliphatic rings. The van der Waals surface area contributed by atoms with Crippen LogP contribution in [-0.2, 0) is 28.2 Å². The third-order valence-electron chi connectivity index (χ3n) is 8.91. The number of methoxy groups -OCH3 is 2. The smallest absolute Gasteiger partial charge is 0.335 e. The largest absolute Gasteiger partial charge is 0.493 e. The number of rotatable bonds is 9. The number of fused-ring (bicyclic) bond motifs is 2. The molecule has 41 heavy (non-hydrogen) atoms. The van der Waals surface area contributed by atoms with Crippen LogP contribution in [0.1, 0.15) is 67.4 Å². The van der Waals surface area contributed by atoms with Gasteiger partial charge in [0, 0.05) is 16.9 Å². The van der Waals surface area contributed by atoms with E-state index in [2.05, 4.69) is 65.4 Å². The zero-order valence-corrected chi connectivity index (χ0v) is 28.0. The summed E-state index contributed by atoms with van der Waals surface area (Å²) >= 11 is 0. The van der Waals surface area contributed by atoms with Gasteiger partial charge in [-0.25, -0.2) is 0 Å². The molecular formula is C28H47N3O8Si2. The van der Waals surface area contributed by atoms with Crippen LogP contribution in [0.3, 0.4) is 0 Å². The molecule has 3 aliphatic heterocycles. The minimum atomic E-state index is -2.91. The topological polar surface area (TPSA) is 134 Å². The highest BCUT2D eigenvalue weighted by atomic mass is 28.5. The van der Waals surface area contributed by atoms with Gasteiger partial charge in [-0.15, -0.1) is 0 Å². The van der Waals surface area contributed by atoms with Crippen molar-refractivity contribution in [3.05, 3.63) is 34.2 Å². The minimum Gasteiger partial charge on any atom is -0.493 e. The first kappa shape index (κ1) is 32.2. The van der Waals surface area contributed by atoms with Gasteiger partial charge in [0.1, 0.15) is 12.2 Å². The molecule has 11 nitrogen and oxygen atoms in total. The molecule has 0 spiro atoms. The number of aliphatic hydroxyl groups is 1. The number of aliphatic hydroxyl groups excluding tert-OH is 1. The molecule has 4 rings (SSSR count). The van der Waals surface area contributed by atoms with Gasteiger partial charge in [0.15, 0.2) is 17.3 Å². The molecule has 1 aromatic carbocycles. The Morgan fingerprint density at radius 1 is 0.927 bits per heavy atom. The summed E-state index contributed by atoms with van der Waals surface area (Å²) in [5.41, 5.74) is 10.7. The van der Waals surface area contributed by atoms with Crippen molar-refractivity contribution >= 4 is 17.1 Å². The van der Waals surface area contributed by atoms with Crippen molar-refractivity contribution in [1.82, 2.24) is 0 Å². The van der Waals surface area contributed by atoms with Crippen molar-refractivity contribution in [2.45, 2.75) is 120 Å². The standard InChI is InChI=1S/C28H47N3O8Si2/c1-16(2)40(17(3)4)35-15-24(38-41(39-40,18(5)6)19(7)8)26-27-25(30-31-29)21(32)14-28(36-26,37-27)20-11-12-22(33-9)23(13-20)34-10/h11-13,16-19,21,24-27,32H,14-15H2,1-10H3/t21-,24+,25?,26?,27?,28+/m0/s1. The van der Waals surface area contributed by atoms with Gasteiger partial charge >= 0.3 is 17.1 Å². The average molecular weight is 610 g/mol. The number of benzene rings is 1. The molecule has 6 atom stereocenters. The van der Waals surface area contributed by atoms with Crippen molar-refractivity contribution in [2.24, 2.45) is 5.11 Å². The van der Waals surface area contributed by atoms with Gasteiger partial charge in [0.2, 0.25) is 0 Å². The molecule has 1 aromatic rings. The second-order valence-electron chi connectivity index (χ2n) is 12.6. The molecule has 0 aromatic heterocycles. The van der Waals surface area contributed by atoms with Crippen molar-refractivity contribution < 1.29 is 37.0 Å².